The molecule has 1 heterocycles. The van der Waals surface area contributed by atoms with E-state index in [1.807, 2.05) is 74.9 Å². The number of imidazole rings is 1. The molecule has 114 valence electrons. The van der Waals surface area contributed by atoms with Gasteiger partial charge in [-0.3, -0.25) is 4.79 Å². The molecular weight excluding hydrogens is 264 g/mol. The van der Waals surface area contributed by atoms with E-state index in [0.717, 1.165) is 11.4 Å². The van der Waals surface area contributed by atoms with Crippen LogP contribution in [0.1, 0.15) is 23.2 Å². The number of nitrogens with zero attached hydrogens (tertiary/aromatic N) is 4. The highest BCUT2D eigenvalue weighted by atomic mass is 16.1. The quantitative estimate of drug-likeness (QED) is 0.457. The van der Waals surface area contributed by atoms with Crippen LogP contribution in [0.4, 0.5) is 0 Å². The molecule has 0 N–H and O–H groups in total. The van der Waals surface area contributed by atoms with E-state index in [9.17, 15) is 4.79 Å². The van der Waals surface area contributed by atoms with Crippen LogP contribution in [0.25, 0.3) is 5.57 Å². The van der Waals surface area contributed by atoms with E-state index < -0.39 is 0 Å². The van der Waals surface area contributed by atoms with Crippen LogP contribution in [-0.2, 0) is 7.05 Å². The van der Waals surface area contributed by atoms with E-state index in [2.05, 4.69) is 4.98 Å². The predicted octanol–water partition coefficient (Wildman–Crippen LogP) is 2.16. The van der Waals surface area contributed by atoms with Gasteiger partial charge in [0, 0.05) is 59.3 Å². The fraction of sp³-hybridized carbons (Fsp3) is 0.375. The van der Waals surface area contributed by atoms with Gasteiger partial charge in [0.15, 0.2) is 0 Å². The molecular formula is C16H24N4O. The van der Waals surface area contributed by atoms with Gasteiger partial charge in [-0.2, -0.15) is 0 Å². The SMILES string of the molecule is C/C=C\C(=C/N(C)C)c1ncc(C(=O)/C=C/N(C)C)n1C. The summed E-state index contributed by atoms with van der Waals surface area (Å²) in [5, 5.41) is 0. The van der Waals surface area contributed by atoms with Gasteiger partial charge in [-0.25, -0.2) is 4.98 Å². The maximum Gasteiger partial charge on any atom is 0.205 e. The van der Waals surface area contributed by atoms with Gasteiger partial charge in [0.05, 0.1) is 6.20 Å². The minimum absolute atomic E-state index is 0.0605. The average molecular weight is 288 g/mol. The number of ketones is 1. The minimum atomic E-state index is -0.0605. The molecule has 0 fully saturated rings. The molecule has 1 rings (SSSR count). The van der Waals surface area contributed by atoms with E-state index in [4.69, 9.17) is 0 Å². The highest BCUT2D eigenvalue weighted by Crippen LogP contribution is 2.16. The first-order valence-electron chi connectivity index (χ1n) is 6.78. The fourth-order valence-corrected chi connectivity index (χ4v) is 1.84. The first-order valence-corrected chi connectivity index (χ1v) is 6.78. The Morgan fingerprint density at radius 2 is 1.86 bits per heavy atom. The highest BCUT2D eigenvalue weighted by molar-refractivity contribution is 6.03. The minimum Gasteiger partial charge on any atom is -0.383 e. The Morgan fingerprint density at radius 3 is 2.38 bits per heavy atom. The first kappa shape index (κ1) is 16.8. The molecule has 0 saturated heterocycles. The molecule has 0 saturated carbocycles. The third kappa shape index (κ3) is 4.63. The van der Waals surface area contributed by atoms with E-state index in [1.165, 1.54) is 0 Å². The van der Waals surface area contributed by atoms with Crippen molar-refractivity contribution in [1.29, 1.82) is 0 Å². The van der Waals surface area contributed by atoms with Crippen molar-refractivity contribution in [2.24, 2.45) is 7.05 Å². The van der Waals surface area contributed by atoms with Crippen LogP contribution in [0, 0.1) is 0 Å². The van der Waals surface area contributed by atoms with Crippen molar-refractivity contribution in [1.82, 2.24) is 19.4 Å². The molecule has 0 amide bonds. The third-order valence-corrected chi connectivity index (χ3v) is 2.77. The summed E-state index contributed by atoms with van der Waals surface area (Å²) in [6.45, 7) is 1.96. The molecule has 0 unspecified atom stereocenters. The smallest absolute Gasteiger partial charge is 0.205 e. The molecule has 0 aliphatic rings. The second-order valence-corrected chi connectivity index (χ2v) is 5.22. The Morgan fingerprint density at radius 1 is 1.19 bits per heavy atom. The lowest BCUT2D eigenvalue weighted by Gasteiger charge is -2.10. The largest absolute Gasteiger partial charge is 0.383 e. The van der Waals surface area contributed by atoms with Crippen molar-refractivity contribution in [3.05, 3.63) is 48.3 Å². The van der Waals surface area contributed by atoms with Crippen LogP contribution in [-0.4, -0.2) is 53.3 Å². The van der Waals surface area contributed by atoms with Gasteiger partial charge >= 0.3 is 0 Å². The second-order valence-electron chi connectivity index (χ2n) is 5.22. The molecule has 21 heavy (non-hydrogen) atoms. The van der Waals surface area contributed by atoms with E-state index >= 15 is 0 Å². The second kappa shape index (κ2) is 7.47. The third-order valence-electron chi connectivity index (χ3n) is 2.77. The van der Waals surface area contributed by atoms with Crippen LogP contribution in [0.2, 0.25) is 0 Å². The lowest BCUT2D eigenvalue weighted by molar-refractivity contribution is 0.103. The Labute approximate surface area is 126 Å². The summed E-state index contributed by atoms with van der Waals surface area (Å²) in [4.78, 5) is 20.3. The molecule has 0 aliphatic heterocycles. The summed E-state index contributed by atoms with van der Waals surface area (Å²) in [5.41, 5.74) is 1.53. The first-order chi connectivity index (χ1) is 9.86. The van der Waals surface area contributed by atoms with Gasteiger partial charge in [-0.05, 0) is 6.92 Å². The van der Waals surface area contributed by atoms with Crippen molar-refractivity contribution >= 4 is 11.4 Å². The maximum absolute atomic E-state index is 12.2. The van der Waals surface area contributed by atoms with Crippen LogP contribution in [0.3, 0.4) is 0 Å². The lowest BCUT2D eigenvalue weighted by atomic mass is 10.2. The van der Waals surface area contributed by atoms with Crippen LogP contribution in [0.5, 0.6) is 0 Å². The normalized spacial score (nSPS) is 12.4. The van der Waals surface area contributed by atoms with Crippen molar-refractivity contribution in [2.45, 2.75) is 6.92 Å². The molecule has 0 atom stereocenters. The van der Waals surface area contributed by atoms with Crippen LogP contribution >= 0.6 is 0 Å². The molecule has 0 aromatic carbocycles. The van der Waals surface area contributed by atoms with E-state index in [-0.39, 0.29) is 5.78 Å². The molecule has 1 aromatic heterocycles. The molecule has 0 bridgehead atoms. The molecule has 1 aromatic rings. The van der Waals surface area contributed by atoms with Crippen molar-refractivity contribution in [2.75, 3.05) is 28.2 Å². The van der Waals surface area contributed by atoms with Gasteiger partial charge in [0.1, 0.15) is 11.5 Å². The summed E-state index contributed by atoms with van der Waals surface area (Å²) in [6.07, 6.45) is 10.8. The van der Waals surface area contributed by atoms with E-state index in [0.29, 0.717) is 5.69 Å². The fourth-order valence-electron chi connectivity index (χ4n) is 1.84. The number of hydrogen-bond acceptors (Lipinski definition) is 4. The standard InChI is InChI=1S/C16H24N4O/c1-7-8-13(12-19(4)5)16-17-11-14(20(16)6)15(21)9-10-18(2)3/h7-12H,1-6H3/b8-7-,10-9+,13-12+. The topological polar surface area (TPSA) is 41.4 Å². The van der Waals surface area contributed by atoms with Gasteiger partial charge in [0.25, 0.3) is 0 Å². The summed E-state index contributed by atoms with van der Waals surface area (Å²) in [7, 11) is 9.52. The summed E-state index contributed by atoms with van der Waals surface area (Å²) < 4.78 is 1.82. The molecule has 5 nitrogen and oxygen atoms in total. The Bertz CT molecular complexity index is 577. The number of carbonyl (C=O) groups is 1. The monoisotopic (exact) mass is 288 g/mol. The number of carbonyl (C=O) groups excluding carboxylic acids is 1. The zero-order valence-electron chi connectivity index (χ0n) is 13.7. The number of allylic oxidation sites excluding steroid dienone is 4. The van der Waals surface area contributed by atoms with Gasteiger partial charge in [-0.15, -0.1) is 0 Å². The van der Waals surface area contributed by atoms with Crippen molar-refractivity contribution in [3.63, 3.8) is 0 Å². The summed E-state index contributed by atoms with van der Waals surface area (Å²) in [6, 6.07) is 0. The van der Waals surface area contributed by atoms with Crippen LogP contribution in [0.15, 0.2) is 36.8 Å². The Hall–Kier alpha value is -2.30. The summed E-state index contributed by atoms with van der Waals surface area (Å²) in [5.74, 6) is 0.707. The van der Waals surface area contributed by atoms with E-state index in [1.54, 1.807) is 18.5 Å². The number of rotatable bonds is 6. The lowest BCUT2D eigenvalue weighted by Crippen LogP contribution is -2.09. The number of aromatic nitrogens is 2. The average Bonchev–Trinajstić information content (AvgIpc) is 2.77. The van der Waals surface area contributed by atoms with Crippen molar-refractivity contribution in [3.8, 4) is 0 Å². The van der Waals surface area contributed by atoms with Crippen LogP contribution < -0.4 is 0 Å². The summed E-state index contributed by atoms with van der Waals surface area (Å²) >= 11 is 0. The van der Waals surface area contributed by atoms with Gasteiger partial charge in [0.2, 0.25) is 5.78 Å². The maximum atomic E-state index is 12.2. The molecule has 0 radical (unpaired) electrons. The van der Waals surface area contributed by atoms with Gasteiger partial charge in [-0.1, -0.05) is 12.2 Å². The zero-order chi connectivity index (χ0) is 16.0. The van der Waals surface area contributed by atoms with Crippen molar-refractivity contribution < 1.29 is 4.79 Å². The highest BCUT2D eigenvalue weighted by Gasteiger charge is 2.13. The zero-order valence-corrected chi connectivity index (χ0v) is 13.7. The Balaban J connectivity index is 3.16. The Kier molecular flexibility index (Phi) is 5.96. The van der Waals surface area contributed by atoms with Gasteiger partial charge < -0.3 is 14.4 Å². The molecule has 0 spiro atoms. The molecule has 5 heteroatoms. The number of hydrogen-bond donors (Lipinski definition) is 0. The molecule has 0 aliphatic carbocycles. The predicted molar refractivity (Wildman–Crippen MR) is 86.8 cm³/mol.